The van der Waals surface area contributed by atoms with Gasteiger partial charge < -0.3 is 15.5 Å². The molecule has 90 valence electrons. The molecule has 1 unspecified atom stereocenters. The summed E-state index contributed by atoms with van der Waals surface area (Å²) in [6.07, 6.45) is -0.555. The Morgan fingerprint density at radius 2 is 1.75 bits per heavy atom. The molecule has 0 saturated heterocycles. The average molecular weight is 288 g/mol. The monoisotopic (exact) mass is 287 g/mol. The highest BCUT2D eigenvalue weighted by Crippen LogP contribution is 2.38. The van der Waals surface area contributed by atoms with E-state index in [1.807, 2.05) is 20.8 Å². The van der Waals surface area contributed by atoms with Crippen LogP contribution in [-0.2, 0) is 0 Å². The normalized spacial score (nSPS) is 12.9. The second kappa shape index (κ2) is 5.17. The number of rotatable bonds is 3. The quantitative estimate of drug-likeness (QED) is 0.800. The third kappa shape index (κ3) is 2.24. The molecule has 0 amide bonds. The molecule has 16 heavy (non-hydrogen) atoms. The molecule has 3 N–H and O–H groups in total. The highest BCUT2D eigenvalue weighted by molar-refractivity contribution is 9.10. The Balaban J connectivity index is 3.39. The Bertz CT molecular complexity index is 375. The number of aliphatic hydroxyl groups is 1. The maximum Gasteiger partial charge on any atom is 0.133 e. The zero-order valence-corrected chi connectivity index (χ0v) is 11.6. The predicted molar refractivity (Wildman–Crippen MR) is 68.9 cm³/mol. The summed E-state index contributed by atoms with van der Waals surface area (Å²) in [7, 11) is 1.80. The van der Waals surface area contributed by atoms with Crippen LogP contribution < -0.4 is 5.32 Å². The number of hydrogen-bond donors (Lipinski definition) is 3. The van der Waals surface area contributed by atoms with Gasteiger partial charge in [0.2, 0.25) is 0 Å². The van der Waals surface area contributed by atoms with Gasteiger partial charge in [0.25, 0.3) is 0 Å². The number of phenolic OH excluding ortho intramolecular Hbond substituents is 1. The molecule has 1 atom stereocenters. The summed E-state index contributed by atoms with van der Waals surface area (Å²) in [5.41, 5.74) is 3.53. The van der Waals surface area contributed by atoms with Crippen molar-refractivity contribution < 1.29 is 10.2 Å². The summed E-state index contributed by atoms with van der Waals surface area (Å²) < 4.78 is 0.667. The van der Waals surface area contributed by atoms with Crippen molar-refractivity contribution in [3.63, 3.8) is 0 Å². The van der Waals surface area contributed by atoms with E-state index in [0.29, 0.717) is 11.0 Å². The van der Waals surface area contributed by atoms with Gasteiger partial charge in [-0.05, 0) is 66.0 Å². The molecule has 0 spiro atoms. The van der Waals surface area contributed by atoms with Gasteiger partial charge in [-0.2, -0.15) is 0 Å². The fourth-order valence-electron chi connectivity index (χ4n) is 1.92. The molecular weight excluding hydrogens is 270 g/mol. The molecule has 0 aliphatic rings. The van der Waals surface area contributed by atoms with E-state index >= 15 is 0 Å². The van der Waals surface area contributed by atoms with Gasteiger partial charge in [-0.25, -0.2) is 0 Å². The first-order valence-corrected chi connectivity index (χ1v) is 6.01. The molecule has 0 aliphatic heterocycles. The van der Waals surface area contributed by atoms with Gasteiger partial charge in [0.15, 0.2) is 0 Å². The molecule has 1 rings (SSSR count). The van der Waals surface area contributed by atoms with Crippen molar-refractivity contribution >= 4 is 15.9 Å². The molecule has 0 aromatic heterocycles. The van der Waals surface area contributed by atoms with E-state index in [1.165, 1.54) is 0 Å². The number of halogens is 1. The summed E-state index contributed by atoms with van der Waals surface area (Å²) in [5.74, 6) is 0.260. The van der Waals surface area contributed by atoms with Gasteiger partial charge in [0.1, 0.15) is 5.75 Å². The van der Waals surface area contributed by atoms with Crippen LogP contribution in [0.3, 0.4) is 0 Å². The van der Waals surface area contributed by atoms with Crippen LogP contribution in [0, 0.1) is 20.8 Å². The number of likely N-dealkylation sites (N-methyl/N-ethyl adjacent to an activating group) is 1. The number of nitrogens with one attached hydrogen (secondary N) is 1. The Morgan fingerprint density at radius 1 is 1.19 bits per heavy atom. The van der Waals surface area contributed by atoms with Gasteiger partial charge >= 0.3 is 0 Å². The van der Waals surface area contributed by atoms with Crippen molar-refractivity contribution in [3.05, 3.63) is 26.7 Å². The summed E-state index contributed by atoms with van der Waals surface area (Å²) in [6.45, 7) is 6.16. The van der Waals surface area contributed by atoms with Crippen molar-refractivity contribution in [1.82, 2.24) is 5.32 Å². The van der Waals surface area contributed by atoms with Crippen LogP contribution in [0.1, 0.15) is 28.4 Å². The Morgan fingerprint density at radius 3 is 2.25 bits per heavy atom. The molecule has 4 heteroatoms. The first-order chi connectivity index (χ1) is 7.41. The number of benzene rings is 1. The molecule has 1 aromatic rings. The minimum atomic E-state index is -0.555. The Kier molecular flexibility index (Phi) is 4.35. The third-order valence-electron chi connectivity index (χ3n) is 2.99. The van der Waals surface area contributed by atoms with Crippen LogP contribution in [0.5, 0.6) is 5.75 Å². The van der Waals surface area contributed by atoms with E-state index in [0.717, 1.165) is 22.3 Å². The lowest BCUT2D eigenvalue weighted by Crippen LogP contribution is -2.19. The second-order valence-electron chi connectivity index (χ2n) is 4.02. The Labute approximate surface area is 105 Å². The average Bonchev–Trinajstić information content (AvgIpc) is 2.24. The van der Waals surface area contributed by atoms with Crippen molar-refractivity contribution in [2.75, 3.05) is 13.6 Å². The van der Waals surface area contributed by atoms with Gasteiger partial charge in [-0.3, -0.25) is 0 Å². The van der Waals surface area contributed by atoms with E-state index in [1.54, 1.807) is 7.05 Å². The molecule has 0 radical (unpaired) electrons. The number of aromatic hydroxyl groups is 1. The van der Waals surface area contributed by atoms with Crippen LogP contribution in [0.15, 0.2) is 4.47 Å². The molecule has 0 heterocycles. The lowest BCUT2D eigenvalue weighted by atomic mass is 9.93. The molecule has 0 fully saturated rings. The first-order valence-electron chi connectivity index (χ1n) is 5.22. The summed E-state index contributed by atoms with van der Waals surface area (Å²) in [4.78, 5) is 0. The predicted octanol–water partition coefficient (Wildman–Crippen LogP) is 2.33. The van der Waals surface area contributed by atoms with E-state index in [2.05, 4.69) is 21.2 Å². The van der Waals surface area contributed by atoms with Crippen molar-refractivity contribution in [1.29, 1.82) is 0 Å². The first kappa shape index (κ1) is 13.5. The largest absolute Gasteiger partial charge is 0.506 e. The third-order valence-corrected chi connectivity index (χ3v) is 3.96. The van der Waals surface area contributed by atoms with Gasteiger partial charge in [-0.1, -0.05) is 0 Å². The topological polar surface area (TPSA) is 52.5 Å². The van der Waals surface area contributed by atoms with Crippen LogP contribution in [0.25, 0.3) is 0 Å². The highest BCUT2D eigenvalue weighted by atomic mass is 79.9. The van der Waals surface area contributed by atoms with Crippen LogP contribution in [0.4, 0.5) is 0 Å². The molecule has 1 aromatic carbocycles. The summed E-state index contributed by atoms with van der Waals surface area (Å²) in [5, 5.41) is 22.9. The SMILES string of the molecule is CNCC(O)c1c(C)c(C)c(O)c(Br)c1C. The fraction of sp³-hybridized carbons (Fsp3) is 0.500. The number of aliphatic hydroxyl groups excluding tert-OH is 1. The Hall–Kier alpha value is -0.580. The highest BCUT2D eigenvalue weighted by Gasteiger charge is 2.19. The number of phenols is 1. The van der Waals surface area contributed by atoms with Crippen molar-refractivity contribution in [2.45, 2.75) is 26.9 Å². The molecule has 3 nitrogen and oxygen atoms in total. The smallest absolute Gasteiger partial charge is 0.133 e. The standard InChI is InChI=1S/C12H18BrNO2/c1-6-7(2)12(16)11(13)8(3)10(6)9(15)5-14-4/h9,14-16H,5H2,1-4H3. The van der Waals surface area contributed by atoms with Crippen molar-refractivity contribution in [2.24, 2.45) is 0 Å². The lowest BCUT2D eigenvalue weighted by molar-refractivity contribution is 0.176. The summed E-state index contributed by atoms with van der Waals surface area (Å²) in [6, 6.07) is 0. The van der Waals surface area contributed by atoms with Gasteiger partial charge in [0, 0.05) is 6.54 Å². The second-order valence-corrected chi connectivity index (χ2v) is 4.82. The molecule has 0 bridgehead atoms. The van der Waals surface area contributed by atoms with E-state index in [9.17, 15) is 10.2 Å². The maximum atomic E-state index is 10.1. The van der Waals surface area contributed by atoms with Gasteiger partial charge in [-0.15, -0.1) is 0 Å². The minimum Gasteiger partial charge on any atom is -0.506 e. The zero-order valence-electron chi connectivity index (χ0n) is 10.1. The summed E-state index contributed by atoms with van der Waals surface area (Å²) >= 11 is 3.35. The molecule has 0 saturated carbocycles. The fourth-order valence-corrected chi connectivity index (χ4v) is 2.43. The molecule has 0 aliphatic carbocycles. The van der Waals surface area contributed by atoms with Gasteiger partial charge in [0.05, 0.1) is 10.6 Å². The van der Waals surface area contributed by atoms with Crippen LogP contribution in [-0.4, -0.2) is 23.8 Å². The zero-order chi connectivity index (χ0) is 12.5. The van der Waals surface area contributed by atoms with Crippen molar-refractivity contribution in [3.8, 4) is 5.75 Å². The van der Waals surface area contributed by atoms with Crippen LogP contribution >= 0.6 is 15.9 Å². The minimum absolute atomic E-state index is 0.260. The van der Waals surface area contributed by atoms with E-state index < -0.39 is 6.10 Å². The van der Waals surface area contributed by atoms with E-state index in [4.69, 9.17) is 0 Å². The van der Waals surface area contributed by atoms with E-state index in [-0.39, 0.29) is 5.75 Å². The lowest BCUT2D eigenvalue weighted by Gasteiger charge is -2.20. The molecular formula is C12H18BrNO2. The van der Waals surface area contributed by atoms with Crippen LogP contribution in [0.2, 0.25) is 0 Å². The maximum absolute atomic E-state index is 10.1. The number of hydrogen-bond acceptors (Lipinski definition) is 3.